The molecule has 0 bridgehead atoms. The number of pyridine rings is 2. The molecule has 254 valence electrons. The molecule has 0 aromatic carbocycles. The van der Waals surface area contributed by atoms with E-state index in [-0.39, 0.29) is 35.0 Å². The van der Waals surface area contributed by atoms with Gasteiger partial charge in [-0.3, -0.25) is 4.98 Å². The molecule has 1 atom stereocenters. The number of piperidine rings is 1. The summed E-state index contributed by atoms with van der Waals surface area (Å²) in [4.78, 5) is 18.6. The molecule has 5 rings (SSSR count). The smallest absolute Gasteiger partial charge is 0.410 e. The minimum absolute atomic E-state index is 0.0398. The molecule has 1 amide bonds. The molecule has 0 radical (unpaired) electrons. The Kier molecular flexibility index (Phi) is 9.48. The van der Waals surface area contributed by atoms with E-state index in [9.17, 15) is 9.18 Å². The van der Waals surface area contributed by atoms with Crippen LogP contribution < -0.4 is 4.74 Å². The van der Waals surface area contributed by atoms with E-state index in [0.29, 0.717) is 42.9 Å². The number of ether oxygens (including phenoxy) is 2. The average molecular weight is 670 g/mol. The van der Waals surface area contributed by atoms with Gasteiger partial charge in [-0.1, -0.05) is 26.0 Å². The zero-order chi connectivity index (χ0) is 34.3. The van der Waals surface area contributed by atoms with Crippen molar-refractivity contribution in [3.05, 3.63) is 59.8 Å². The third-order valence-electron chi connectivity index (χ3n) is 8.95. The lowest BCUT2D eigenvalue weighted by Crippen LogP contribution is -2.42. The van der Waals surface area contributed by atoms with E-state index in [1.54, 1.807) is 23.2 Å². The standard InChI is InChI=1S/C33H45F2N7O4Si/c1-21-29(38-39-42(21)24-12-14-40(15-13-24)31(43)46-32(2,3)4)22-16-27(30-25(35)18-37-41(30)19-22)45-28(26-11-10-23(34)17-36-26)20-44-47(8,9)33(5,6)7/h10-11,16-19,24,28H,12-15,20H2,1-9H3. The Bertz CT molecular complexity index is 1720. The summed E-state index contributed by atoms with van der Waals surface area (Å²) in [6.45, 7) is 19.4. The van der Waals surface area contributed by atoms with E-state index >= 15 is 4.39 Å². The van der Waals surface area contributed by atoms with Gasteiger partial charge in [0.25, 0.3) is 0 Å². The molecule has 4 aromatic heterocycles. The molecule has 1 unspecified atom stereocenters. The molecule has 47 heavy (non-hydrogen) atoms. The summed E-state index contributed by atoms with van der Waals surface area (Å²) in [6, 6.07) is 4.62. The Balaban J connectivity index is 1.43. The van der Waals surface area contributed by atoms with Crippen LogP contribution in [0.25, 0.3) is 16.8 Å². The Morgan fingerprint density at radius 1 is 1.09 bits per heavy atom. The summed E-state index contributed by atoms with van der Waals surface area (Å²) < 4.78 is 50.8. The number of nitrogens with zero attached hydrogens (tertiary/aromatic N) is 7. The monoisotopic (exact) mass is 669 g/mol. The lowest BCUT2D eigenvalue weighted by Gasteiger charge is -2.37. The van der Waals surface area contributed by atoms with E-state index < -0.39 is 31.7 Å². The van der Waals surface area contributed by atoms with Crippen molar-refractivity contribution in [2.75, 3.05) is 19.7 Å². The summed E-state index contributed by atoms with van der Waals surface area (Å²) in [6.07, 6.45) is 4.26. The van der Waals surface area contributed by atoms with Gasteiger partial charge in [-0.15, -0.1) is 5.10 Å². The zero-order valence-electron chi connectivity index (χ0n) is 28.7. The van der Waals surface area contributed by atoms with Crippen LogP contribution in [0.15, 0.2) is 36.8 Å². The molecule has 1 saturated heterocycles. The molecule has 11 nitrogen and oxygen atoms in total. The SMILES string of the molecule is Cc1c(-c2cc(OC(CO[Si](C)(C)C(C)(C)C)c3ccc(F)cn3)c3c(F)cnn3c2)nnn1C1CCN(C(=O)OC(C)(C)C)CC1. The normalized spacial score (nSPS) is 15.7. The van der Waals surface area contributed by atoms with Gasteiger partial charge in [0.05, 0.1) is 36.4 Å². The van der Waals surface area contributed by atoms with Crippen LogP contribution in [0.5, 0.6) is 5.75 Å². The quantitative estimate of drug-likeness (QED) is 0.180. The predicted octanol–water partition coefficient (Wildman–Crippen LogP) is 7.29. The highest BCUT2D eigenvalue weighted by Crippen LogP contribution is 2.39. The van der Waals surface area contributed by atoms with Gasteiger partial charge in [0.1, 0.15) is 28.4 Å². The Morgan fingerprint density at radius 3 is 2.40 bits per heavy atom. The number of rotatable bonds is 8. The number of likely N-dealkylation sites (tertiary alicyclic amines) is 1. The molecule has 0 saturated carbocycles. The fraction of sp³-hybridized carbons (Fsp3) is 0.545. The highest BCUT2D eigenvalue weighted by atomic mass is 28.4. The first kappa shape index (κ1) is 34.4. The molecule has 1 aliphatic rings. The van der Waals surface area contributed by atoms with Crippen LogP contribution in [-0.4, -0.2) is 74.2 Å². The van der Waals surface area contributed by atoms with Crippen molar-refractivity contribution in [3.8, 4) is 17.0 Å². The summed E-state index contributed by atoms with van der Waals surface area (Å²) in [5, 5.41) is 13.1. The van der Waals surface area contributed by atoms with Crippen LogP contribution in [0.3, 0.4) is 0 Å². The third-order valence-corrected chi connectivity index (χ3v) is 13.4. The summed E-state index contributed by atoms with van der Waals surface area (Å²) in [5.74, 6) is -0.815. The second-order valence-electron chi connectivity index (χ2n) is 14.6. The number of halogens is 2. The molecule has 5 heterocycles. The topological polar surface area (TPSA) is 109 Å². The van der Waals surface area contributed by atoms with Crippen LogP contribution in [-0.2, 0) is 9.16 Å². The van der Waals surface area contributed by atoms with Gasteiger partial charge in [0.2, 0.25) is 0 Å². The highest BCUT2D eigenvalue weighted by Gasteiger charge is 2.38. The average Bonchev–Trinajstić information content (AvgIpc) is 3.56. The summed E-state index contributed by atoms with van der Waals surface area (Å²) in [5.41, 5.74) is 2.08. The number of aromatic nitrogens is 6. The molecular weight excluding hydrogens is 624 g/mol. The largest absolute Gasteiger partial charge is 0.479 e. The zero-order valence-corrected chi connectivity index (χ0v) is 29.7. The van der Waals surface area contributed by atoms with Crippen molar-refractivity contribution < 1.29 is 27.5 Å². The number of fused-ring (bicyclic) bond motifs is 1. The van der Waals surface area contributed by atoms with E-state index in [0.717, 1.165) is 18.1 Å². The number of hydrogen-bond donors (Lipinski definition) is 0. The number of carbonyl (C=O) groups is 1. The molecule has 0 aliphatic carbocycles. The van der Waals surface area contributed by atoms with Gasteiger partial charge in [0.15, 0.2) is 20.2 Å². The van der Waals surface area contributed by atoms with Gasteiger partial charge in [0, 0.05) is 24.8 Å². The van der Waals surface area contributed by atoms with Gasteiger partial charge in [-0.05, 0) is 76.9 Å². The van der Waals surface area contributed by atoms with Gasteiger partial charge < -0.3 is 18.8 Å². The number of carbonyl (C=O) groups excluding carboxylic acids is 1. The molecule has 1 aliphatic heterocycles. The fourth-order valence-corrected chi connectivity index (χ4v) is 6.25. The Hall–Kier alpha value is -3.91. The van der Waals surface area contributed by atoms with Crippen molar-refractivity contribution in [2.45, 2.75) is 97.2 Å². The first-order valence-corrected chi connectivity index (χ1v) is 18.8. The van der Waals surface area contributed by atoms with Gasteiger partial charge >= 0.3 is 6.09 Å². The molecule has 0 N–H and O–H groups in total. The lowest BCUT2D eigenvalue weighted by molar-refractivity contribution is 0.0183. The van der Waals surface area contributed by atoms with Crippen LogP contribution in [0, 0.1) is 18.6 Å². The van der Waals surface area contributed by atoms with Crippen molar-refractivity contribution in [1.82, 2.24) is 34.5 Å². The van der Waals surface area contributed by atoms with E-state index in [2.05, 4.69) is 54.3 Å². The van der Waals surface area contributed by atoms with E-state index in [1.807, 2.05) is 32.4 Å². The van der Waals surface area contributed by atoms with Crippen molar-refractivity contribution in [2.24, 2.45) is 0 Å². The second kappa shape index (κ2) is 12.9. The molecule has 0 spiro atoms. The molecular formula is C33H45F2N7O4Si. The molecule has 1 fully saturated rings. The molecule has 14 heteroatoms. The van der Waals surface area contributed by atoms with Gasteiger partial charge in [-0.25, -0.2) is 22.8 Å². The Labute approximate surface area is 275 Å². The van der Waals surface area contributed by atoms with E-state index in [1.165, 1.54) is 10.6 Å². The minimum atomic E-state index is -2.21. The van der Waals surface area contributed by atoms with E-state index in [4.69, 9.17) is 13.9 Å². The maximum atomic E-state index is 15.2. The lowest BCUT2D eigenvalue weighted by atomic mass is 10.0. The minimum Gasteiger partial charge on any atom is -0.479 e. The van der Waals surface area contributed by atoms with Crippen LogP contribution >= 0.6 is 0 Å². The van der Waals surface area contributed by atoms with Crippen LogP contribution in [0.4, 0.5) is 13.6 Å². The van der Waals surface area contributed by atoms with Crippen molar-refractivity contribution in [3.63, 3.8) is 0 Å². The second-order valence-corrected chi connectivity index (χ2v) is 19.4. The first-order valence-electron chi connectivity index (χ1n) is 15.9. The summed E-state index contributed by atoms with van der Waals surface area (Å²) in [7, 11) is -2.21. The molecule has 4 aromatic rings. The highest BCUT2D eigenvalue weighted by molar-refractivity contribution is 6.74. The Morgan fingerprint density at radius 2 is 1.79 bits per heavy atom. The van der Waals surface area contributed by atoms with Crippen LogP contribution in [0.1, 0.15) is 77.9 Å². The fourth-order valence-electron chi connectivity index (χ4n) is 5.25. The maximum Gasteiger partial charge on any atom is 0.410 e. The van der Waals surface area contributed by atoms with Crippen molar-refractivity contribution >= 4 is 19.9 Å². The summed E-state index contributed by atoms with van der Waals surface area (Å²) >= 11 is 0. The first-order chi connectivity index (χ1) is 21.9. The van der Waals surface area contributed by atoms with Gasteiger partial charge in [-0.2, -0.15) is 5.10 Å². The predicted molar refractivity (Wildman–Crippen MR) is 176 cm³/mol. The number of amides is 1. The third kappa shape index (κ3) is 7.64. The van der Waals surface area contributed by atoms with Crippen LogP contribution in [0.2, 0.25) is 18.1 Å². The van der Waals surface area contributed by atoms with Crippen molar-refractivity contribution in [1.29, 1.82) is 0 Å². The number of hydrogen-bond acceptors (Lipinski definition) is 8. The maximum absolute atomic E-state index is 15.2.